The Morgan fingerprint density at radius 3 is 2.47 bits per heavy atom. The van der Waals surface area contributed by atoms with Gasteiger partial charge in [0.25, 0.3) is 5.91 Å². The van der Waals surface area contributed by atoms with Crippen molar-refractivity contribution in [2.24, 2.45) is 5.84 Å². The highest BCUT2D eigenvalue weighted by Crippen LogP contribution is 2.16. The third-order valence-electron chi connectivity index (χ3n) is 2.01. The normalized spacial score (nSPS) is 11.3. The van der Waals surface area contributed by atoms with Gasteiger partial charge in [0.15, 0.2) is 0 Å². The first-order valence-electron chi connectivity index (χ1n) is 4.67. The van der Waals surface area contributed by atoms with Gasteiger partial charge in [0, 0.05) is 10.6 Å². The van der Waals surface area contributed by atoms with Crippen LogP contribution in [0.15, 0.2) is 24.3 Å². The Morgan fingerprint density at radius 1 is 1.40 bits per heavy atom. The molecule has 0 aliphatic rings. The second-order valence-electron chi connectivity index (χ2n) is 4.36. The lowest BCUT2D eigenvalue weighted by Gasteiger charge is -2.31. The average molecular weight is 227 g/mol. The van der Waals surface area contributed by atoms with Gasteiger partial charge < -0.3 is 0 Å². The van der Waals surface area contributed by atoms with Crippen molar-refractivity contribution in [2.75, 3.05) is 0 Å². The van der Waals surface area contributed by atoms with Crippen molar-refractivity contribution in [3.63, 3.8) is 0 Å². The summed E-state index contributed by atoms with van der Waals surface area (Å²) in [5, 5.41) is 1.74. The molecule has 0 radical (unpaired) electrons. The van der Waals surface area contributed by atoms with Gasteiger partial charge in [-0.15, -0.1) is 0 Å². The van der Waals surface area contributed by atoms with Crippen LogP contribution in [0, 0.1) is 0 Å². The molecule has 0 aliphatic heterocycles. The lowest BCUT2D eigenvalue weighted by atomic mass is 10.1. The largest absolute Gasteiger partial charge is 0.271 e. The number of rotatable bonds is 1. The van der Waals surface area contributed by atoms with Crippen molar-refractivity contribution in [3.8, 4) is 0 Å². The first-order valence-corrected chi connectivity index (χ1v) is 5.05. The highest BCUT2D eigenvalue weighted by atomic mass is 35.5. The van der Waals surface area contributed by atoms with Gasteiger partial charge in [-0.25, -0.2) is 5.84 Å². The van der Waals surface area contributed by atoms with Crippen molar-refractivity contribution < 1.29 is 4.79 Å². The van der Waals surface area contributed by atoms with E-state index in [1.165, 1.54) is 5.01 Å². The fraction of sp³-hybridized carbons (Fsp3) is 0.364. The zero-order chi connectivity index (χ0) is 11.6. The summed E-state index contributed by atoms with van der Waals surface area (Å²) in [6.07, 6.45) is 0. The molecule has 0 aromatic heterocycles. The van der Waals surface area contributed by atoms with Crippen LogP contribution in [0.2, 0.25) is 5.02 Å². The predicted octanol–water partition coefficient (Wildman–Crippen LogP) is 2.45. The van der Waals surface area contributed by atoms with Crippen LogP contribution < -0.4 is 5.84 Å². The Labute approximate surface area is 94.8 Å². The van der Waals surface area contributed by atoms with Gasteiger partial charge in [0.05, 0.1) is 5.54 Å². The quantitative estimate of drug-likeness (QED) is 0.454. The molecule has 0 saturated heterocycles. The van der Waals surface area contributed by atoms with Crippen LogP contribution in [0.5, 0.6) is 0 Å². The number of hydrogen-bond donors (Lipinski definition) is 1. The summed E-state index contributed by atoms with van der Waals surface area (Å²) in [6.45, 7) is 5.61. The molecular weight excluding hydrogens is 212 g/mol. The van der Waals surface area contributed by atoms with Crippen LogP contribution in [0.4, 0.5) is 0 Å². The molecule has 0 unspecified atom stereocenters. The molecule has 1 aromatic carbocycles. The summed E-state index contributed by atoms with van der Waals surface area (Å²) >= 11 is 5.80. The SMILES string of the molecule is CC(C)(C)N(N)C(=O)c1cccc(Cl)c1. The van der Waals surface area contributed by atoms with E-state index in [2.05, 4.69) is 0 Å². The van der Waals surface area contributed by atoms with E-state index in [0.717, 1.165) is 0 Å². The van der Waals surface area contributed by atoms with E-state index in [9.17, 15) is 4.79 Å². The fourth-order valence-electron chi connectivity index (χ4n) is 1.07. The third kappa shape index (κ3) is 2.94. The van der Waals surface area contributed by atoms with Crippen molar-refractivity contribution in [1.29, 1.82) is 0 Å². The molecule has 0 aliphatic carbocycles. The van der Waals surface area contributed by atoms with Gasteiger partial charge in [-0.3, -0.25) is 9.80 Å². The minimum absolute atomic E-state index is 0.231. The zero-order valence-electron chi connectivity index (χ0n) is 9.12. The summed E-state index contributed by atoms with van der Waals surface area (Å²) in [5.74, 6) is 5.49. The average Bonchev–Trinajstić information content (AvgIpc) is 2.14. The Balaban J connectivity index is 2.95. The Kier molecular flexibility index (Phi) is 3.37. The highest BCUT2D eigenvalue weighted by Gasteiger charge is 2.24. The van der Waals surface area contributed by atoms with E-state index in [-0.39, 0.29) is 5.91 Å². The summed E-state index contributed by atoms with van der Waals surface area (Å²) in [4.78, 5) is 11.9. The van der Waals surface area contributed by atoms with Crippen LogP contribution in [-0.4, -0.2) is 16.5 Å². The maximum Gasteiger partial charge on any atom is 0.268 e. The van der Waals surface area contributed by atoms with Gasteiger partial charge in [-0.05, 0) is 39.0 Å². The van der Waals surface area contributed by atoms with E-state index in [1.807, 2.05) is 20.8 Å². The fourth-order valence-corrected chi connectivity index (χ4v) is 1.26. The number of benzene rings is 1. The first-order chi connectivity index (χ1) is 6.82. The molecule has 4 heteroatoms. The van der Waals surface area contributed by atoms with E-state index in [4.69, 9.17) is 17.4 Å². The van der Waals surface area contributed by atoms with Gasteiger partial charge in [-0.2, -0.15) is 0 Å². The van der Waals surface area contributed by atoms with Crippen molar-refractivity contribution in [3.05, 3.63) is 34.9 Å². The highest BCUT2D eigenvalue weighted by molar-refractivity contribution is 6.30. The number of halogens is 1. The molecule has 0 saturated carbocycles. The molecule has 0 bridgehead atoms. The maximum absolute atomic E-state index is 11.9. The van der Waals surface area contributed by atoms with E-state index in [0.29, 0.717) is 10.6 Å². The van der Waals surface area contributed by atoms with Gasteiger partial charge >= 0.3 is 0 Å². The summed E-state index contributed by atoms with van der Waals surface area (Å²) < 4.78 is 0. The third-order valence-corrected chi connectivity index (χ3v) is 2.25. The standard InChI is InChI=1S/C11H15ClN2O/c1-11(2,3)14(13)10(15)8-5-4-6-9(12)7-8/h4-7H,13H2,1-3H3. The summed E-state index contributed by atoms with van der Waals surface area (Å²) in [7, 11) is 0. The second kappa shape index (κ2) is 4.21. The smallest absolute Gasteiger partial charge is 0.268 e. The van der Waals surface area contributed by atoms with Crippen LogP contribution in [0.3, 0.4) is 0 Å². The molecule has 0 heterocycles. The van der Waals surface area contributed by atoms with E-state index in [1.54, 1.807) is 24.3 Å². The predicted molar refractivity (Wildman–Crippen MR) is 61.6 cm³/mol. The first kappa shape index (κ1) is 12.0. The van der Waals surface area contributed by atoms with Crippen LogP contribution in [0.25, 0.3) is 0 Å². The van der Waals surface area contributed by atoms with Crippen molar-refractivity contribution >= 4 is 17.5 Å². The number of carbonyl (C=O) groups excluding carboxylic acids is 1. The van der Waals surface area contributed by atoms with Gasteiger partial charge in [-0.1, -0.05) is 17.7 Å². The molecule has 0 atom stereocenters. The minimum atomic E-state index is -0.403. The lowest BCUT2D eigenvalue weighted by molar-refractivity contribution is 0.0582. The minimum Gasteiger partial charge on any atom is -0.271 e. The van der Waals surface area contributed by atoms with Crippen molar-refractivity contribution in [1.82, 2.24) is 5.01 Å². The summed E-state index contributed by atoms with van der Waals surface area (Å²) in [6, 6.07) is 6.75. The Morgan fingerprint density at radius 2 is 2.00 bits per heavy atom. The number of hydrogen-bond acceptors (Lipinski definition) is 2. The van der Waals surface area contributed by atoms with E-state index < -0.39 is 5.54 Å². The number of nitrogens with zero attached hydrogens (tertiary/aromatic N) is 1. The monoisotopic (exact) mass is 226 g/mol. The Bertz CT molecular complexity index is 371. The lowest BCUT2D eigenvalue weighted by Crippen LogP contribution is -2.50. The topological polar surface area (TPSA) is 46.3 Å². The maximum atomic E-state index is 11.9. The number of amides is 1. The molecule has 0 fully saturated rings. The number of nitrogens with two attached hydrogens (primary N) is 1. The van der Waals surface area contributed by atoms with Crippen molar-refractivity contribution in [2.45, 2.75) is 26.3 Å². The van der Waals surface area contributed by atoms with Crippen LogP contribution in [-0.2, 0) is 0 Å². The Hall–Kier alpha value is -1.06. The molecule has 3 nitrogen and oxygen atoms in total. The number of hydrazine groups is 1. The summed E-state index contributed by atoms with van der Waals surface area (Å²) in [5.41, 5.74) is 0.0966. The van der Waals surface area contributed by atoms with Gasteiger partial charge in [0.1, 0.15) is 0 Å². The molecule has 2 N–H and O–H groups in total. The van der Waals surface area contributed by atoms with Crippen LogP contribution >= 0.6 is 11.6 Å². The number of carbonyl (C=O) groups is 1. The molecule has 1 aromatic rings. The molecule has 1 rings (SSSR count). The molecular formula is C11H15ClN2O. The van der Waals surface area contributed by atoms with Crippen LogP contribution in [0.1, 0.15) is 31.1 Å². The zero-order valence-corrected chi connectivity index (χ0v) is 9.88. The van der Waals surface area contributed by atoms with E-state index >= 15 is 0 Å². The molecule has 0 spiro atoms. The second-order valence-corrected chi connectivity index (χ2v) is 4.79. The molecule has 1 amide bonds. The molecule has 15 heavy (non-hydrogen) atoms. The van der Waals surface area contributed by atoms with Gasteiger partial charge in [0.2, 0.25) is 0 Å². The molecule has 82 valence electrons.